The first-order chi connectivity index (χ1) is 16.5. The molecule has 0 spiro atoms. The van der Waals surface area contributed by atoms with Crippen LogP contribution in [0.2, 0.25) is 0 Å². The van der Waals surface area contributed by atoms with Gasteiger partial charge in [0, 0.05) is 50.0 Å². The van der Waals surface area contributed by atoms with Crippen molar-refractivity contribution in [1.82, 2.24) is 14.8 Å². The molecule has 0 bridgehead atoms. The monoisotopic (exact) mass is 458 g/mol. The largest absolute Gasteiger partial charge is 0.443 e. The molecule has 2 saturated heterocycles. The molecule has 176 valence electrons. The van der Waals surface area contributed by atoms with E-state index in [4.69, 9.17) is 4.42 Å². The van der Waals surface area contributed by atoms with Gasteiger partial charge < -0.3 is 19.1 Å². The number of aryl methyl sites for hydroxylation is 1. The minimum Gasteiger partial charge on any atom is -0.443 e. The standard InChI is InChI=1S/C27H30N4O3/c1-19-8-7-9-21(16-19)31-15-14-30(17-20(31)2)27(33)24-25(34-18-28-24)22-10-3-4-11-23(22)26(32)29-12-5-6-13-29/h3-4,7-11,16,18,20H,5-6,12-15,17H2,1-2H3. The molecule has 7 heteroatoms. The van der Waals surface area contributed by atoms with Gasteiger partial charge in [0.05, 0.1) is 5.56 Å². The van der Waals surface area contributed by atoms with Crippen LogP contribution in [0.3, 0.4) is 0 Å². The second kappa shape index (κ2) is 9.33. The van der Waals surface area contributed by atoms with Crippen molar-refractivity contribution in [2.24, 2.45) is 0 Å². The SMILES string of the molecule is Cc1cccc(N2CCN(C(=O)c3ncoc3-c3ccccc3C(=O)N3CCCC3)CC2C)c1. The predicted molar refractivity (Wildman–Crippen MR) is 131 cm³/mol. The average molecular weight is 459 g/mol. The predicted octanol–water partition coefficient (Wildman–Crippen LogP) is 4.24. The van der Waals surface area contributed by atoms with Crippen LogP contribution in [0.5, 0.6) is 0 Å². The van der Waals surface area contributed by atoms with Gasteiger partial charge in [0.25, 0.3) is 11.8 Å². The highest BCUT2D eigenvalue weighted by Crippen LogP contribution is 2.30. The number of hydrogen-bond acceptors (Lipinski definition) is 5. The van der Waals surface area contributed by atoms with Gasteiger partial charge >= 0.3 is 0 Å². The number of nitrogens with zero attached hydrogens (tertiary/aromatic N) is 4. The first-order valence-corrected chi connectivity index (χ1v) is 12.0. The normalized spacial score (nSPS) is 18.4. The van der Waals surface area contributed by atoms with Crippen LogP contribution in [0.1, 0.15) is 46.2 Å². The van der Waals surface area contributed by atoms with Crippen molar-refractivity contribution < 1.29 is 14.0 Å². The molecule has 1 atom stereocenters. The fourth-order valence-electron chi connectivity index (χ4n) is 5.03. The van der Waals surface area contributed by atoms with E-state index >= 15 is 0 Å². The highest BCUT2D eigenvalue weighted by Gasteiger charge is 2.32. The Balaban J connectivity index is 1.37. The van der Waals surface area contributed by atoms with Gasteiger partial charge in [-0.05, 0) is 50.5 Å². The van der Waals surface area contributed by atoms with Crippen LogP contribution in [-0.4, -0.2) is 65.4 Å². The number of benzene rings is 2. The van der Waals surface area contributed by atoms with Crippen molar-refractivity contribution in [1.29, 1.82) is 0 Å². The molecule has 5 rings (SSSR count). The molecule has 2 aliphatic rings. The molecule has 0 aliphatic carbocycles. The van der Waals surface area contributed by atoms with Crippen molar-refractivity contribution >= 4 is 17.5 Å². The lowest BCUT2D eigenvalue weighted by Crippen LogP contribution is -2.54. The lowest BCUT2D eigenvalue weighted by atomic mass is 10.0. The number of likely N-dealkylation sites (tertiary alicyclic amines) is 1. The fourth-order valence-corrected chi connectivity index (χ4v) is 5.03. The number of amides is 2. The average Bonchev–Trinajstić information content (AvgIpc) is 3.56. The zero-order chi connectivity index (χ0) is 23.7. The van der Waals surface area contributed by atoms with Crippen molar-refractivity contribution in [3.63, 3.8) is 0 Å². The summed E-state index contributed by atoms with van der Waals surface area (Å²) in [7, 11) is 0. The molecule has 1 aromatic heterocycles. The van der Waals surface area contributed by atoms with E-state index in [1.165, 1.54) is 17.6 Å². The number of anilines is 1. The summed E-state index contributed by atoms with van der Waals surface area (Å²) < 4.78 is 5.71. The summed E-state index contributed by atoms with van der Waals surface area (Å²) in [5, 5.41) is 0. The van der Waals surface area contributed by atoms with Crippen LogP contribution in [0, 0.1) is 6.92 Å². The summed E-state index contributed by atoms with van der Waals surface area (Å²) in [5.74, 6) is 0.174. The number of piperazine rings is 1. The molecule has 0 N–H and O–H groups in total. The summed E-state index contributed by atoms with van der Waals surface area (Å²) in [5.41, 5.74) is 3.83. The minimum absolute atomic E-state index is 0.0247. The van der Waals surface area contributed by atoms with Crippen LogP contribution in [0.25, 0.3) is 11.3 Å². The Bertz CT molecular complexity index is 1200. The molecule has 1 unspecified atom stereocenters. The topological polar surface area (TPSA) is 69.9 Å². The van der Waals surface area contributed by atoms with Crippen molar-refractivity contribution in [3.8, 4) is 11.3 Å². The molecule has 7 nitrogen and oxygen atoms in total. The first kappa shape index (κ1) is 22.2. The molecule has 0 radical (unpaired) electrons. The summed E-state index contributed by atoms with van der Waals surface area (Å²) in [6.45, 7) is 7.68. The number of carbonyl (C=O) groups excluding carboxylic acids is 2. The van der Waals surface area contributed by atoms with Crippen LogP contribution in [0.15, 0.2) is 59.3 Å². The van der Waals surface area contributed by atoms with E-state index in [1.54, 1.807) is 6.07 Å². The third-order valence-corrected chi connectivity index (χ3v) is 6.81. The molecule has 34 heavy (non-hydrogen) atoms. The van der Waals surface area contributed by atoms with E-state index in [2.05, 4.69) is 48.0 Å². The number of carbonyl (C=O) groups is 2. The molecular weight excluding hydrogens is 428 g/mol. The first-order valence-electron chi connectivity index (χ1n) is 12.0. The molecule has 0 saturated carbocycles. The fraction of sp³-hybridized carbons (Fsp3) is 0.370. The smallest absolute Gasteiger partial charge is 0.276 e. The molecule has 2 amide bonds. The molecular formula is C27H30N4O3. The van der Waals surface area contributed by atoms with Crippen LogP contribution >= 0.6 is 0 Å². The number of oxazole rings is 1. The summed E-state index contributed by atoms with van der Waals surface area (Å²) >= 11 is 0. The van der Waals surface area contributed by atoms with Crippen molar-refractivity contribution in [2.75, 3.05) is 37.6 Å². The van der Waals surface area contributed by atoms with Crippen LogP contribution in [0.4, 0.5) is 5.69 Å². The van der Waals surface area contributed by atoms with Crippen LogP contribution < -0.4 is 4.90 Å². The summed E-state index contributed by atoms with van der Waals surface area (Å²) in [4.78, 5) is 37.0. The third kappa shape index (κ3) is 4.18. The van der Waals surface area contributed by atoms with Gasteiger partial charge in [0.2, 0.25) is 0 Å². The zero-order valence-electron chi connectivity index (χ0n) is 19.7. The van der Waals surface area contributed by atoms with Gasteiger partial charge in [-0.15, -0.1) is 0 Å². The van der Waals surface area contributed by atoms with E-state index in [-0.39, 0.29) is 23.6 Å². The number of aromatic nitrogens is 1. The van der Waals surface area contributed by atoms with Gasteiger partial charge in [-0.3, -0.25) is 9.59 Å². The van der Waals surface area contributed by atoms with Crippen LogP contribution in [-0.2, 0) is 0 Å². The molecule has 2 aromatic carbocycles. The van der Waals surface area contributed by atoms with Crippen molar-refractivity contribution in [2.45, 2.75) is 32.7 Å². The summed E-state index contributed by atoms with van der Waals surface area (Å²) in [6, 6.07) is 16.0. The molecule has 2 aliphatic heterocycles. The Morgan fingerprint density at radius 1 is 0.941 bits per heavy atom. The Kier molecular flexibility index (Phi) is 6.09. The highest BCUT2D eigenvalue weighted by molar-refractivity contribution is 6.04. The van der Waals surface area contributed by atoms with E-state index in [1.807, 2.05) is 28.0 Å². The van der Waals surface area contributed by atoms with E-state index in [0.29, 0.717) is 30.0 Å². The third-order valence-electron chi connectivity index (χ3n) is 6.81. The Morgan fingerprint density at radius 3 is 2.50 bits per heavy atom. The molecule has 3 aromatic rings. The summed E-state index contributed by atoms with van der Waals surface area (Å²) in [6.07, 6.45) is 3.34. The maximum absolute atomic E-state index is 13.5. The molecule has 2 fully saturated rings. The van der Waals surface area contributed by atoms with E-state index in [9.17, 15) is 9.59 Å². The maximum Gasteiger partial charge on any atom is 0.276 e. The Hall–Kier alpha value is -3.61. The number of rotatable bonds is 4. The highest BCUT2D eigenvalue weighted by atomic mass is 16.3. The van der Waals surface area contributed by atoms with E-state index in [0.717, 1.165) is 32.5 Å². The minimum atomic E-state index is -0.164. The quantitative estimate of drug-likeness (QED) is 0.585. The second-order valence-electron chi connectivity index (χ2n) is 9.21. The lowest BCUT2D eigenvalue weighted by Gasteiger charge is -2.41. The zero-order valence-corrected chi connectivity index (χ0v) is 19.7. The molecule has 3 heterocycles. The second-order valence-corrected chi connectivity index (χ2v) is 9.21. The van der Waals surface area contributed by atoms with Gasteiger partial charge in [0.1, 0.15) is 0 Å². The lowest BCUT2D eigenvalue weighted by molar-refractivity contribution is 0.0720. The Morgan fingerprint density at radius 2 is 1.74 bits per heavy atom. The van der Waals surface area contributed by atoms with Crippen molar-refractivity contribution in [3.05, 3.63) is 71.7 Å². The van der Waals surface area contributed by atoms with Gasteiger partial charge in [-0.2, -0.15) is 0 Å². The van der Waals surface area contributed by atoms with Gasteiger partial charge in [-0.25, -0.2) is 4.98 Å². The van der Waals surface area contributed by atoms with Gasteiger partial charge in [-0.1, -0.05) is 30.3 Å². The number of hydrogen-bond donors (Lipinski definition) is 0. The Labute approximate surface area is 200 Å². The maximum atomic E-state index is 13.5. The van der Waals surface area contributed by atoms with Gasteiger partial charge in [0.15, 0.2) is 17.8 Å². The van der Waals surface area contributed by atoms with E-state index < -0.39 is 0 Å².